The van der Waals surface area contributed by atoms with Crippen LogP contribution in [0.25, 0.3) is 22.4 Å². The van der Waals surface area contributed by atoms with Crippen molar-refractivity contribution < 1.29 is 9.53 Å². The maximum atomic E-state index is 11.0. The van der Waals surface area contributed by atoms with Crippen molar-refractivity contribution >= 4 is 45.4 Å². The van der Waals surface area contributed by atoms with Crippen molar-refractivity contribution in [3.8, 4) is 28.3 Å². The molecule has 0 spiro atoms. The molecule has 0 fully saturated rings. The molecule has 0 atom stereocenters. The standard InChI is InChI=1S/C18H11BrCl2N2O2/c1-25-18-10(9-24)5-6-15(23-18)12-4-2-3-11(16(12)20)13-7-22-8-14(19)17(13)21/h2-9H,1H3. The number of nitrogens with zero attached hydrogens (tertiary/aromatic N) is 2. The Morgan fingerprint density at radius 3 is 2.52 bits per heavy atom. The van der Waals surface area contributed by atoms with E-state index in [0.717, 1.165) is 5.56 Å². The minimum absolute atomic E-state index is 0.246. The minimum atomic E-state index is 0.246. The summed E-state index contributed by atoms with van der Waals surface area (Å²) in [5, 5.41) is 1.01. The van der Waals surface area contributed by atoms with Crippen molar-refractivity contribution in [3.05, 3.63) is 62.8 Å². The summed E-state index contributed by atoms with van der Waals surface area (Å²) in [4.78, 5) is 19.6. The van der Waals surface area contributed by atoms with Gasteiger partial charge in [-0.2, -0.15) is 0 Å². The summed E-state index contributed by atoms with van der Waals surface area (Å²) in [6.45, 7) is 0. The number of ether oxygens (including phenoxy) is 1. The molecule has 0 saturated heterocycles. The van der Waals surface area contributed by atoms with Crippen LogP contribution in [0.3, 0.4) is 0 Å². The van der Waals surface area contributed by atoms with E-state index in [4.69, 9.17) is 27.9 Å². The molecule has 0 saturated carbocycles. The molecule has 0 N–H and O–H groups in total. The molecule has 3 aromatic rings. The van der Waals surface area contributed by atoms with E-state index in [1.165, 1.54) is 7.11 Å². The average Bonchev–Trinajstić information content (AvgIpc) is 2.64. The average molecular weight is 438 g/mol. The highest BCUT2D eigenvalue weighted by atomic mass is 79.9. The van der Waals surface area contributed by atoms with Gasteiger partial charge in [-0.15, -0.1) is 0 Å². The van der Waals surface area contributed by atoms with Gasteiger partial charge in [-0.05, 0) is 28.1 Å². The molecule has 3 rings (SSSR count). The van der Waals surface area contributed by atoms with Crippen LogP contribution in [0.4, 0.5) is 0 Å². The van der Waals surface area contributed by atoms with E-state index < -0.39 is 0 Å². The SMILES string of the molecule is COc1nc(-c2cccc(-c3cncc(Br)c3Cl)c2Cl)ccc1C=O. The minimum Gasteiger partial charge on any atom is -0.480 e. The normalized spacial score (nSPS) is 10.6. The number of benzene rings is 1. The molecule has 1 aromatic carbocycles. The van der Waals surface area contributed by atoms with Gasteiger partial charge < -0.3 is 4.74 Å². The quantitative estimate of drug-likeness (QED) is 0.491. The topological polar surface area (TPSA) is 52.1 Å². The Hall–Kier alpha value is -1.95. The Bertz CT molecular complexity index is 964. The number of carbonyl (C=O) groups excluding carboxylic acids is 1. The summed E-state index contributed by atoms with van der Waals surface area (Å²) >= 11 is 16.4. The number of pyridine rings is 2. The van der Waals surface area contributed by atoms with Gasteiger partial charge in [0.25, 0.3) is 0 Å². The molecular weight excluding hydrogens is 427 g/mol. The number of hydrogen-bond acceptors (Lipinski definition) is 4. The lowest BCUT2D eigenvalue weighted by Crippen LogP contribution is -1.96. The Labute approximate surface area is 162 Å². The second-order valence-electron chi connectivity index (χ2n) is 5.06. The van der Waals surface area contributed by atoms with Crippen LogP contribution in [0.15, 0.2) is 47.2 Å². The monoisotopic (exact) mass is 436 g/mol. The van der Waals surface area contributed by atoms with E-state index in [1.54, 1.807) is 24.5 Å². The van der Waals surface area contributed by atoms with Gasteiger partial charge in [-0.1, -0.05) is 41.4 Å². The van der Waals surface area contributed by atoms with Gasteiger partial charge in [-0.3, -0.25) is 9.78 Å². The molecule has 0 aliphatic carbocycles. The van der Waals surface area contributed by atoms with Crippen LogP contribution in [-0.2, 0) is 0 Å². The van der Waals surface area contributed by atoms with E-state index in [0.29, 0.717) is 43.2 Å². The summed E-state index contributed by atoms with van der Waals surface area (Å²) in [6.07, 6.45) is 3.97. The zero-order valence-electron chi connectivity index (χ0n) is 13.0. The molecule has 126 valence electrons. The van der Waals surface area contributed by atoms with Crippen LogP contribution >= 0.6 is 39.1 Å². The van der Waals surface area contributed by atoms with E-state index in [2.05, 4.69) is 25.9 Å². The van der Waals surface area contributed by atoms with Gasteiger partial charge in [0, 0.05) is 29.1 Å². The fourth-order valence-corrected chi connectivity index (χ4v) is 3.26. The highest BCUT2D eigenvalue weighted by Gasteiger charge is 2.16. The molecule has 2 aromatic heterocycles. The number of aldehydes is 1. The Morgan fingerprint density at radius 2 is 1.80 bits per heavy atom. The van der Waals surface area contributed by atoms with E-state index in [-0.39, 0.29) is 5.88 Å². The molecule has 25 heavy (non-hydrogen) atoms. The van der Waals surface area contributed by atoms with Crippen molar-refractivity contribution in [1.29, 1.82) is 0 Å². The molecule has 0 aliphatic heterocycles. The summed E-state index contributed by atoms with van der Waals surface area (Å²) < 4.78 is 5.85. The van der Waals surface area contributed by atoms with Crippen molar-refractivity contribution in [1.82, 2.24) is 9.97 Å². The molecule has 0 unspecified atom stereocenters. The summed E-state index contributed by atoms with van der Waals surface area (Å²) in [5.74, 6) is 0.246. The third kappa shape index (κ3) is 3.40. The van der Waals surface area contributed by atoms with E-state index >= 15 is 0 Å². The lowest BCUT2D eigenvalue weighted by Gasteiger charge is -2.12. The number of hydrogen-bond donors (Lipinski definition) is 0. The molecule has 0 amide bonds. The van der Waals surface area contributed by atoms with Gasteiger partial charge in [0.05, 0.1) is 32.9 Å². The highest BCUT2D eigenvalue weighted by Crippen LogP contribution is 2.40. The first-order chi connectivity index (χ1) is 12.1. The lowest BCUT2D eigenvalue weighted by molar-refractivity contribution is 0.112. The summed E-state index contributed by atoms with van der Waals surface area (Å²) in [6, 6.07) is 8.92. The van der Waals surface area contributed by atoms with Gasteiger partial charge in [-0.25, -0.2) is 4.98 Å². The number of aromatic nitrogens is 2. The fraction of sp³-hybridized carbons (Fsp3) is 0.0556. The van der Waals surface area contributed by atoms with Gasteiger partial charge in [0.15, 0.2) is 6.29 Å². The Balaban J connectivity index is 2.17. The molecule has 7 heteroatoms. The predicted octanol–water partition coefficient (Wildman–Crippen LogP) is 5.70. The summed E-state index contributed by atoms with van der Waals surface area (Å²) in [7, 11) is 1.46. The maximum Gasteiger partial charge on any atom is 0.224 e. The van der Waals surface area contributed by atoms with E-state index in [9.17, 15) is 4.79 Å². The molecule has 4 nitrogen and oxygen atoms in total. The number of carbonyl (C=O) groups is 1. The van der Waals surface area contributed by atoms with Gasteiger partial charge in [0.2, 0.25) is 5.88 Å². The second-order valence-corrected chi connectivity index (χ2v) is 6.67. The van der Waals surface area contributed by atoms with Crippen LogP contribution in [0.5, 0.6) is 5.88 Å². The van der Waals surface area contributed by atoms with Crippen LogP contribution < -0.4 is 4.74 Å². The van der Waals surface area contributed by atoms with Crippen molar-refractivity contribution in [2.75, 3.05) is 7.11 Å². The first kappa shape index (κ1) is 17.9. The smallest absolute Gasteiger partial charge is 0.224 e. The first-order valence-corrected chi connectivity index (χ1v) is 8.70. The maximum absolute atomic E-state index is 11.0. The molecular formula is C18H11BrCl2N2O2. The van der Waals surface area contributed by atoms with Crippen LogP contribution in [-0.4, -0.2) is 23.4 Å². The van der Waals surface area contributed by atoms with Gasteiger partial charge in [0.1, 0.15) is 0 Å². The van der Waals surface area contributed by atoms with Crippen LogP contribution in [0.1, 0.15) is 10.4 Å². The number of methoxy groups -OCH3 is 1. The zero-order valence-corrected chi connectivity index (χ0v) is 16.1. The molecule has 0 radical (unpaired) electrons. The largest absolute Gasteiger partial charge is 0.480 e. The Kier molecular flexibility index (Phi) is 5.37. The predicted molar refractivity (Wildman–Crippen MR) is 103 cm³/mol. The lowest BCUT2D eigenvalue weighted by atomic mass is 10.0. The first-order valence-electron chi connectivity index (χ1n) is 7.15. The van der Waals surface area contributed by atoms with Crippen molar-refractivity contribution in [2.24, 2.45) is 0 Å². The second kappa shape index (κ2) is 7.52. The molecule has 0 aliphatic rings. The Morgan fingerprint density at radius 1 is 1.04 bits per heavy atom. The zero-order chi connectivity index (χ0) is 18.0. The number of rotatable bonds is 4. The van der Waals surface area contributed by atoms with Crippen molar-refractivity contribution in [3.63, 3.8) is 0 Å². The van der Waals surface area contributed by atoms with Crippen LogP contribution in [0.2, 0.25) is 10.0 Å². The summed E-state index contributed by atoms with van der Waals surface area (Å²) in [5.41, 5.74) is 3.11. The van der Waals surface area contributed by atoms with Crippen molar-refractivity contribution in [2.45, 2.75) is 0 Å². The van der Waals surface area contributed by atoms with E-state index in [1.807, 2.05) is 18.2 Å². The highest BCUT2D eigenvalue weighted by molar-refractivity contribution is 9.10. The third-order valence-electron chi connectivity index (χ3n) is 3.61. The van der Waals surface area contributed by atoms with Gasteiger partial charge >= 0.3 is 0 Å². The van der Waals surface area contributed by atoms with Crippen LogP contribution in [0, 0.1) is 0 Å². The third-order valence-corrected chi connectivity index (χ3v) is 5.26. The molecule has 0 bridgehead atoms. The number of halogens is 3. The molecule has 2 heterocycles. The fourth-order valence-electron chi connectivity index (χ4n) is 2.40.